The van der Waals surface area contributed by atoms with Gasteiger partial charge in [0.25, 0.3) is 0 Å². The van der Waals surface area contributed by atoms with E-state index in [0.717, 1.165) is 23.5 Å². The molecule has 0 bridgehead atoms. The van der Waals surface area contributed by atoms with Gasteiger partial charge in [-0.05, 0) is 38.3 Å². The maximum Gasteiger partial charge on any atom is 0.216 e. The lowest BCUT2D eigenvalue weighted by Crippen LogP contribution is -2.42. The summed E-state index contributed by atoms with van der Waals surface area (Å²) in [6.07, 6.45) is 4.75. The van der Waals surface area contributed by atoms with Gasteiger partial charge >= 0.3 is 0 Å². The van der Waals surface area contributed by atoms with Gasteiger partial charge in [0, 0.05) is 25.7 Å². The van der Waals surface area contributed by atoms with E-state index in [1.165, 1.54) is 19.3 Å². The predicted molar refractivity (Wildman–Crippen MR) is 114 cm³/mol. The summed E-state index contributed by atoms with van der Waals surface area (Å²) in [6.45, 7) is 8.52. The Bertz CT molecular complexity index is 687. The molecular weight excluding hydrogens is 360 g/mol. The first-order valence-corrected chi connectivity index (χ1v) is 11.5. The zero-order chi connectivity index (χ0) is 20.3. The minimum atomic E-state index is -3.36. The molecule has 1 aromatic carbocycles. The van der Waals surface area contributed by atoms with E-state index in [4.69, 9.17) is 0 Å². The van der Waals surface area contributed by atoms with Crippen LogP contribution in [0.4, 0.5) is 0 Å². The number of aliphatic imine (C=N–C) groups is 1. The summed E-state index contributed by atoms with van der Waals surface area (Å²) in [5.74, 6) is 0.708. The molecule has 27 heavy (non-hydrogen) atoms. The first-order valence-electron chi connectivity index (χ1n) is 9.81. The fourth-order valence-corrected chi connectivity index (χ4v) is 4.35. The zero-order valence-electron chi connectivity index (χ0n) is 17.4. The Morgan fingerprint density at radius 3 is 2.37 bits per heavy atom. The predicted octanol–water partition coefficient (Wildman–Crippen LogP) is 3.15. The van der Waals surface area contributed by atoms with Gasteiger partial charge in [0.2, 0.25) is 10.0 Å². The van der Waals surface area contributed by atoms with Crippen LogP contribution in [0.15, 0.2) is 29.3 Å². The molecule has 0 spiro atoms. The first kappa shape index (κ1) is 23.4. The number of rotatable bonds is 11. The van der Waals surface area contributed by atoms with Crippen LogP contribution in [0, 0.1) is 0 Å². The van der Waals surface area contributed by atoms with Crippen LogP contribution in [0.2, 0.25) is 0 Å². The lowest BCUT2D eigenvalue weighted by atomic mass is 10.1. The molecule has 1 unspecified atom stereocenters. The third-order valence-corrected chi connectivity index (χ3v) is 5.69. The number of guanidine groups is 1. The highest BCUT2D eigenvalue weighted by atomic mass is 32.2. The van der Waals surface area contributed by atoms with Crippen molar-refractivity contribution in [2.24, 2.45) is 4.99 Å². The molecule has 0 saturated carbocycles. The van der Waals surface area contributed by atoms with Crippen molar-refractivity contribution in [2.45, 2.75) is 77.8 Å². The SMILES string of the molecule is CCCCCC(C)NC(=NC)NCc1ccccc1CS(=O)(=O)NC(C)C. The molecule has 0 aliphatic carbocycles. The third kappa shape index (κ3) is 9.77. The van der Waals surface area contributed by atoms with E-state index in [1.54, 1.807) is 7.05 Å². The highest BCUT2D eigenvalue weighted by Crippen LogP contribution is 2.12. The molecule has 3 N–H and O–H groups in total. The minimum absolute atomic E-state index is 0.0253. The van der Waals surface area contributed by atoms with Crippen LogP contribution in [0.3, 0.4) is 0 Å². The number of unbranched alkanes of at least 4 members (excludes halogenated alkanes) is 2. The molecule has 0 saturated heterocycles. The van der Waals surface area contributed by atoms with Gasteiger partial charge in [0.05, 0.1) is 5.75 Å². The number of hydrogen-bond donors (Lipinski definition) is 3. The number of benzene rings is 1. The van der Waals surface area contributed by atoms with Gasteiger partial charge in [0.1, 0.15) is 0 Å². The lowest BCUT2D eigenvalue weighted by Gasteiger charge is -2.19. The van der Waals surface area contributed by atoms with Crippen molar-refractivity contribution in [3.63, 3.8) is 0 Å². The van der Waals surface area contributed by atoms with Crippen molar-refractivity contribution in [3.05, 3.63) is 35.4 Å². The van der Waals surface area contributed by atoms with Gasteiger partial charge < -0.3 is 10.6 Å². The van der Waals surface area contributed by atoms with Crippen LogP contribution in [0.1, 0.15) is 64.5 Å². The van der Waals surface area contributed by atoms with Crippen molar-refractivity contribution in [1.82, 2.24) is 15.4 Å². The fraction of sp³-hybridized carbons (Fsp3) is 0.650. The van der Waals surface area contributed by atoms with E-state index in [9.17, 15) is 8.42 Å². The van der Waals surface area contributed by atoms with Crippen LogP contribution in [-0.2, 0) is 22.3 Å². The van der Waals surface area contributed by atoms with Gasteiger partial charge in [-0.2, -0.15) is 0 Å². The topological polar surface area (TPSA) is 82.6 Å². The monoisotopic (exact) mass is 396 g/mol. The molecule has 0 aliphatic rings. The second-order valence-corrected chi connectivity index (χ2v) is 9.02. The zero-order valence-corrected chi connectivity index (χ0v) is 18.2. The molecular formula is C20H36N4O2S. The molecule has 7 heteroatoms. The summed E-state index contributed by atoms with van der Waals surface area (Å²) < 4.78 is 27.2. The van der Waals surface area contributed by atoms with Crippen LogP contribution >= 0.6 is 0 Å². The lowest BCUT2D eigenvalue weighted by molar-refractivity contribution is 0.546. The molecule has 0 aliphatic heterocycles. The van der Waals surface area contributed by atoms with Gasteiger partial charge in [-0.25, -0.2) is 13.1 Å². The summed E-state index contributed by atoms with van der Waals surface area (Å²) in [5, 5.41) is 6.70. The van der Waals surface area contributed by atoms with Gasteiger partial charge in [-0.15, -0.1) is 0 Å². The van der Waals surface area contributed by atoms with E-state index < -0.39 is 10.0 Å². The summed E-state index contributed by atoms with van der Waals surface area (Å²) in [7, 11) is -1.61. The molecule has 1 atom stereocenters. The highest BCUT2D eigenvalue weighted by molar-refractivity contribution is 7.88. The smallest absolute Gasteiger partial charge is 0.216 e. The van der Waals surface area contributed by atoms with Crippen molar-refractivity contribution in [3.8, 4) is 0 Å². The van der Waals surface area contributed by atoms with Crippen molar-refractivity contribution >= 4 is 16.0 Å². The molecule has 1 aromatic rings. The molecule has 154 valence electrons. The van der Waals surface area contributed by atoms with Crippen LogP contribution in [0.25, 0.3) is 0 Å². The van der Waals surface area contributed by atoms with Crippen molar-refractivity contribution in [1.29, 1.82) is 0 Å². The molecule has 0 aromatic heterocycles. The largest absolute Gasteiger partial charge is 0.354 e. The number of sulfonamides is 1. The van der Waals surface area contributed by atoms with Gasteiger partial charge in [-0.3, -0.25) is 4.99 Å². The number of nitrogens with one attached hydrogen (secondary N) is 3. The average Bonchev–Trinajstić information content (AvgIpc) is 2.58. The Balaban J connectivity index is 2.68. The van der Waals surface area contributed by atoms with E-state index >= 15 is 0 Å². The maximum absolute atomic E-state index is 12.3. The van der Waals surface area contributed by atoms with Crippen LogP contribution in [0.5, 0.6) is 0 Å². The Hall–Kier alpha value is -1.60. The first-order chi connectivity index (χ1) is 12.8. The molecule has 0 fully saturated rings. The second-order valence-electron chi connectivity index (χ2n) is 7.27. The molecule has 0 radical (unpaired) electrons. The Kier molecular flexibility index (Phi) is 10.4. The Morgan fingerprint density at radius 2 is 1.78 bits per heavy atom. The molecule has 6 nitrogen and oxygen atoms in total. The number of hydrogen-bond acceptors (Lipinski definition) is 3. The summed E-state index contributed by atoms with van der Waals surface area (Å²) in [4.78, 5) is 4.28. The van der Waals surface area contributed by atoms with E-state index in [2.05, 4.69) is 34.2 Å². The Labute approximate surface area is 165 Å². The Morgan fingerprint density at radius 1 is 1.11 bits per heavy atom. The fourth-order valence-electron chi connectivity index (χ4n) is 2.86. The second kappa shape index (κ2) is 12.0. The standard InChI is InChI=1S/C20H36N4O2S/c1-6-7-8-11-17(4)23-20(21-5)22-14-18-12-9-10-13-19(18)15-27(25,26)24-16(2)3/h9-10,12-13,16-17,24H,6-8,11,14-15H2,1-5H3,(H2,21,22,23). The number of nitrogens with zero attached hydrogens (tertiary/aromatic N) is 1. The average molecular weight is 397 g/mol. The summed E-state index contributed by atoms with van der Waals surface area (Å²) in [5.41, 5.74) is 1.75. The van der Waals surface area contributed by atoms with Crippen LogP contribution < -0.4 is 15.4 Å². The molecule has 0 heterocycles. The summed E-state index contributed by atoms with van der Waals surface area (Å²) >= 11 is 0. The van der Waals surface area contributed by atoms with Crippen LogP contribution in [-0.4, -0.2) is 33.5 Å². The normalized spacial score (nSPS) is 13.6. The van der Waals surface area contributed by atoms with E-state index in [1.807, 2.05) is 38.1 Å². The summed E-state index contributed by atoms with van der Waals surface area (Å²) in [6, 6.07) is 7.83. The quantitative estimate of drug-likeness (QED) is 0.305. The van der Waals surface area contributed by atoms with E-state index in [-0.39, 0.29) is 11.8 Å². The van der Waals surface area contributed by atoms with Gasteiger partial charge in [0.15, 0.2) is 5.96 Å². The maximum atomic E-state index is 12.3. The van der Waals surface area contributed by atoms with E-state index in [0.29, 0.717) is 12.6 Å². The van der Waals surface area contributed by atoms with Gasteiger partial charge in [-0.1, -0.05) is 50.5 Å². The highest BCUT2D eigenvalue weighted by Gasteiger charge is 2.15. The minimum Gasteiger partial charge on any atom is -0.354 e. The van der Waals surface area contributed by atoms with Crippen molar-refractivity contribution < 1.29 is 8.42 Å². The molecule has 0 amide bonds. The van der Waals surface area contributed by atoms with Crippen molar-refractivity contribution in [2.75, 3.05) is 7.05 Å². The third-order valence-electron chi connectivity index (χ3n) is 4.17. The molecule has 1 rings (SSSR count).